The molecule has 2 atom stereocenters. The first kappa shape index (κ1) is 7.18. The van der Waals surface area contributed by atoms with Crippen molar-refractivity contribution < 1.29 is 0 Å². The van der Waals surface area contributed by atoms with E-state index in [9.17, 15) is 0 Å². The minimum absolute atomic E-state index is 0.788. The summed E-state index contributed by atoms with van der Waals surface area (Å²) in [7, 11) is 6.52. The maximum Gasteiger partial charge on any atom is 0.105 e. The summed E-state index contributed by atoms with van der Waals surface area (Å²) in [5.41, 5.74) is 0.788. The van der Waals surface area contributed by atoms with Crippen LogP contribution in [0.3, 0.4) is 0 Å². The third-order valence-electron chi connectivity index (χ3n) is 3.25. The van der Waals surface area contributed by atoms with Crippen molar-refractivity contribution in [3.63, 3.8) is 0 Å². The quantitative estimate of drug-likeness (QED) is 0.365. The van der Waals surface area contributed by atoms with Gasteiger partial charge >= 0.3 is 0 Å². The second-order valence-electron chi connectivity index (χ2n) is 3.77. The number of rotatable bonds is 1. The van der Waals surface area contributed by atoms with Crippen LogP contribution in [-0.2, 0) is 0 Å². The van der Waals surface area contributed by atoms with E-state index in [1.165, 1.54) is 33.0 Å². The average Bonchev–Trinajstić information content (AvgIpc) is 2.60. The molecule has 0 amide bonds. The van der Waals surface area contributed by atoms with Gasteiger partial charge in [-0.1, -0.05) is 9.39 Å². The summed E-state index contributed by atoms with van der Waals surface area (Å²) in [4.78, 5) is 0. The van der Waals surface area contributed by atoms with Gasteiger partial charge in [-0.3, -0.25) is 4.67 Å². The molecule has 1 spiro atoms. The van der Waals surface area contributed by atoms with E-state index in [0.29, 0.717) is 0 Å². The fraction of sp³-hybridized carbons (Fsp3) is 1.00. The van der Waals surface area contributed by atoms with E-state index in [-0.39, 0.29) is 0 Å². The molecule has 2 fully saturated rings. The Kier molecular flexibility index (Phi) is 1.62. The predicted molar refractivity (Wildman–Crippen MR) is 52.2 cm³/mol. The molecule has 54 valence electrons. The number of hydrogen-bond acceptors (Lipinski definition) is 1. The molecule has 1 saturated carbocycles. The Morgan fingerprint density at radius 1 is 1.50 bits per heavy atom. The van der Waals surface area contributed by atoms with E-state index in [2.05, 4.69) is 21.8 Å². The van der Waals surface area contributed by atoms with Gasteiger partial charge in [0, 0.05) is 6.54 Å². The Morgan fingerprint density at radius 3 is 2.60 bits per heavy atom. The summed E-state index contributed by atoms with van der Waals surface area (Å²) in [5, 5.41) is 0. The molecule has 1 saturated heterocycles. The summed E-state index contributed by atoms with van der Waals surface area (Å²) in [6.07, 6.45) is 4.45. The van der Waals surface area contributed by atoms with Crippen molar-refractivity contribution in [2.24, 2.45) is 5.41 Å². The molecule has 1 unspecified atom stereocenters. The highest BCUT2D eigenvalue weighted by Gasteiger charge is 2.53. The standard InChI is InChI=1S/C6H14B2NP/c7-8-5-6(1-2-6)3-4-9(5)10/h5,8H,1-4,7,10H2/t5-/m0/s1. The molecule has 0 bridgehead atoms. The van der Waals surface area contributed by atoms with Crippen LogP contribution in [0.5, 0.6) is 0 Å². The molecule has 0 aromatic carbocycles. The summed E-state index contributed by atoms with van der Waals surface area (Å²) in [6.45, 7) is 1.31. The Hall–Kier alpha value is 0.520. The second-order valence-corrected chi connectivity index (χ2v) is 4.44. The molecule has 0 aromatic rings. The molecular weight excluding hydrogens is 139 g/mol. The average molecular weight is 153 g/mol. The summed E-state index contributed by atoms with van der Waals surface area (Å²) >= 11 is 0. The molecule has 1 nitrogen and oxygen atoms in total. The molecule has 1 heterocycles. The monoisotopic (exact) mass is 153 g/mol. The molecule has 1 aliphatic heterocycles. The van der Waals surface area contributed by atoms with Gasteiger partial charge in [-0.05, 0) is 30.6 Å². The van der Waals surface area contributed by atoms with Crippen molar-refractivity contribution in [1.82, 2.24) is 4.67 Å². The lowest BCUT2D eigenvalue weighted by Crippen LogP contribution is -2.32. The lowest BCUT2D eigenvalue weighted by Gasteiger charge is -2.22. The third kappa shape index (κ3) is 0.871. The largest absolute Gasteiger partial charge is 0.292 e. The maximum atomic E-state index is 2.87. The van der Waals surface area contributed by atoms with Gasteiger partial charge in [0.15, 0.2) is 0 Å². The van der Waals surface area contributed by atoms with E-state index in [1.807, 2.05) is 0 Å². The van der Waals surface area contributed by atoms with Crippen molar-refractivity contribution in [3.8, 4) is 0 Å². The van der Waals surface area contributed by atoms with Crippen molar-refractivity contribution in [3.05, 3.63) is 0 Å². The van der Waals surface area contributed by atoms with Crippen molar-refractivity contribution in [2.45, 2.75) is 25.2 Å². The first-order valence-corrected chi connectivity index (χ1v) is 4.81. The van der Waals surface area contributed by atoms with Gasteiger partial charge in [0.25, 0.3) is 0 Å². The Balaban J connectivity index is 2.10. The normalized spacial score (nSPS) is 36.7. The Morgan fingerprint density at radius 2 is 2.20 bits per heavy atom. The van der Waals surface area contributed by atoms with E-state index >= 15 is 0 Å². The predicted octanol–water partition coefficient (Wildman–Crippen LogP) is -0.427. The zero-order valence-corrected chi connectivity index (χ0v) is 7.79. The summed E-state index contributed by atoms with van der Waals surface area (Å²) < 4.78 is 2.47. The van der Waals surface area contributed by atoms with Crippen molar-refractivity contribution in [2.75, 3.05) is 6.54 Å². The smallest absolute Gasteiger partial charge is 0.105 e. The molecule has 2 aliphatic rings. The van der Waals surface area contributed by atoms with Crippen LogP contribution in [0.2, 0.25) is 0 Å². The Bertz CT molecular complexity index is 149. The lowest BCUT2D eigenvalue weighted by atomic mass is 9.47. The summed E-state index contributed by atoms with van der Waals surface area (Å²) in [5.74, 6) is 0.887. The molecule has 1 aliphatic carbocycles. The molecular formula is C6H14B2NP. The minimum Gasteiger partial charge on any atom is -0.292 e. The van der Waals surface area contributed by atoms with Crippen LogP contribution >= 0.6 is 9.39 Å². The molecule has 0 aromatic heterocycles. The van der Waals surface area contributed by atoms with Crippen LogP contribution in [0.1, 0.15) is 19.3 Å². The number of hydrogen-bond donors (Lipinski definition) is 0. The fourth-order valence-electron chi connectivity index (χ4n) is 2.44. The molecule has 0 N–H and O–H groups in total. The van der Waals surface area contributed by atoms with Crippen LogP contribution in [0.25, 0.3) is 0 Å². The zero-order valence-electron chi connectivity index (χ0n) is 6.64. The van der Waals surface area contributed by atoms with Crippen LogP contribution in [-0.4, -0.2) is 32.1 Å². The van der Waals surface area contributed by atoms with Gasteiger partial charge in [0.2, 0.25) is 0 Å². The highest BCUT2D eigenvalue weighted by Crippen LogP contribution is 2.57. The van der Waals surface area contributed by atoms with Gasteiger partial charge < -0.3 is 0 Å². The van der Waals surface area contributed by atoms with Crippen LogP contribution in [0.4, 0.5) is 0 Å². The summed E-state index contributed by atoms with van der Waals surface area (Å²) in [6, 6.07) is 0. The molecule has 10 heavy (non-hydrogen) atoms. The Labute approximate surface area is 66.8 Å². The second kappa shape index (κ2) is 2.25. The van der Waals surface area contributed by atoms with Crippen LogP contribution in [0.15, 0.2) is 0 Å². The molecule has 2 rings (SSSR count). The van der Waals surface area contributed by atoms with E-state index < -0.39 is 0 Å². The van der Waals surface area contributed by atoms with Crippen molar-refractivity contribution >= 4 is 24.3 Å². The van der Waals surface area contributed by atoms with E-state index in [4.69, 9.17) is 0 Å². The number of nitrogens with zero attached hydrogens (tertiary/aromatic N) is 1. The fourth-order valence-corrected chi connectivity index (χ4v) is 3.09. The van der Waals surface area contributed by atoms with Gasteiger partial charge in [-0.25, -0.2) is 0 Å². The highest BCUT2D eigenvalue weighted by molar-refractivity contribution is 7.14. The minimum atomic E-state index is 0.788. The molecule has 4 heteroatoms. The highest BCUT2D eigenvalue weighted by atomic mass is 31.0. The lowest BCUT2D eigenvalue weighted by molar-refractivity contribution is 0.454. The van der Waals surface area contributed by atoms with Crippen LogP contribution < -0.4 is 0 Å². The van der Waals surface area contributed by atoms with Crippen LogP contribution in [0, 0.1) is 5.41 Å². The third-order valence-corrected chi connectivity index (χ3v) is 3.87. The van der Waals surface area contributed by atoms with Gasteiger partial charge in [0.1, 0.15) is 7.17 Å². The van der Waals surface area contributed by atoms with Crippen molar-refractivity contribution in [1.29, 1.82) is 0 Å². The molecule has 0 radical (unpaired) electrons. The SMILES string of the molecule is BB[C@H]1N(P)CCC12CC2. The van der Waals surface area contributed by atoms with Gasteiger partial charge in [-0.2, -0.15) is 0 Å². The van der Waals surface area contributed by atoms with E-state index in [0.717, 1.165) is 11.4 Å². The zero-order chi connectivity index (χ0) is 7.19. The maximum absolute atomic E-state index is 2.87. The van der Waals surface area contributed by atoms with E-state index in [1.54, 1.807) is 0 Å². The van der Waals surface area contributed by atoms with Gasteiger partial charge in [0.05, 0.1) is 7.74 Å². The first-order valence-electron chi connectivity index (χ1n) is 4.30. The van der Waals surface area contributed by atoms with Gasteiger partial charge in [-0.15, -0.1) is 0 Å². The topological polar surface area (TPSA) is 3.24 Å². The first-order chi connectivity index (χ1) is 4.78.